The Morgan fingerprint density at radius 2 is 1.59 bits per heavy atom. The number of aromatic nitrogens is 4. The number of amides is 1. The van der Waals surface area contributed by atoms with Crippen molar-refractivity contribution >= 4 is 23.1 Å². The van der Waals surface area contributed by atoms with E-state index in [0.29, 0.717) is 17.2 Å². The molecule has 0 saturated heterocycles. The Hall–Kier alpha value is -4.00. The summed E-state index contributed by atoms with van der Waals surface area (Å²) in [6, 6.07) is 22.2. The summed E-state index contributed by atoms with van der Waals surface area (Å²) in [5.74, 6) is 1.15. The number of benzene rings is 2. The monoisotopic (exact) mass is 384 g/mol. The van der Waals surface area contributed by atoms with E-state index in [0.717, 1.165) is 22.8 Å². The highest BCUT2D eigenvalue weighted by Crippen LogP contribution is 2.19. The smallest absolute Gasteiger partial charge is 0.255 e. The molecule has 0 bridgehead atoms. The van der Waals surface area contributed by atoms with Crippen LogP contribution in [0.5, 0.6) is 0 Å². The van der Waals surface area contributed by atoms with Gasteiger partial charge in [0.05, 0.1) is 5.69 Å². The summed E-state index contributed by atoms with van der Waals surface area (Å²) in [6.07, 6.45) is 0. The minimum absolute atomic E-state index is 0.142. The molecule has 0 radical (unpaired) electrons. The van der Waals surface area contributed by atoms with Gasteiger partial charge in [0.1, 0.15) is 0 Å². The normalized spacial score (nSPS) is 10.6. The molecule has 0 aliphatic rings. The maximum Gasteiger partial charge on any atom is 0.255 e. The van der Waals surface area contributed by atoms with E-state index in [2.05, 4.69) is 25.9 Å². The van der Waals surface area contributed by atoms with Crippen molar-refractivity contribution in [2.75, 3.05) is 10.6 Å². The van der Waals surface area contributed by atoms with Crippen LogP contribution in [0.3, 0.4) is 0 Å². The topological polar surface area (TPSA) is 84.7 Å². The molecule has 144 valence electrons. The first-order chi connectivity index (χ1) is 14.1. The van der Waals surface area contributed by atoms with E-state index in [-0.39, 0.29) is 5.91 Å². The van der Waals surface area contributed by atoms with Crippen LogP contribution in [0.15, 0.2) is 72.8 Å². The zero-order chi connectivity index (χ0) is 20.2. The first-order valence-electron chi connectivity index (χ1n) is 9.19. The highest BCUT2D eigenvalue weighted by molar-refractivity contribution is 6.04. The second kappa shape index (κ2) is 7.93. The molecule has 4 rings (SSSR count). The Bertz CT molecular complexity index is 1120. The van der Waals surface area contributed by atoms with E-state index in [1.54, 1.807) is 16.8 Å². The summed E-state index contributed by atoms with van der Waals surface area (Å²) in [6.45, 7) is 3.92. The van der Waals surface area contributed by atoms with Crippen molar-refractivity contribution in [2.24, 2.45) is 0 Å². The van der Waals surface area contributed by atoms with Gasteiger partial charge in [-0.05, 0) is 68.4 Å². The lowest BCUT2D eigenvalue weighted by Crippen LogP contribution is -2.11. The number of carbonyl (C=O) groups is 1. The summed E-state index contributed by atoms with van der Waals surface area (Å²) in [5, 5.41) is 18.9. The van der Waals surface area contributed by atoms with E-state index in [1.807, 2.05) is 74.5 Å². The molecule has 0 atom stereocenters. The van der Waals surface area contributed by atoms with Gasteiger partial charge in [-0.15, -0.1) is 10.2 Å². The number of aryl methyl sites for hydroxylation is 2. The molecular formula is C22H20N6O. The standard InChI is InChI=1S/C22H20N6O/c1-15-14-16(2)28(27-15)21-13-12-20(25-26-21)23-18-8-10-19(11-9-18)24-22(29)17-6-4-3-5-7-17/h3-14H,1-2H3,(H,23,25)(H,24,29). The van der Waals surface area contributed by atoms with E-state index in [9.17, 15) is 4.79 Å². The second-order valence-corrected chi connectivity index (χ2v) is 6.64. The molecule has 0 spiro atoms. The highest BCUT2D eigenvalue weighted by atomic mass is 16.1. The van der Waals surface area contributed by atoms with Crippen molar-refractivity contribution < 1.29 is 4.79 Å². The largest absolute Gasteiger partial charge is 0.339 e. The van der Waals surface area contributed by atoms with Crippen LogP contribution in [0.2, 0.25) is 0 Å². The molecule has 29 heavy (non-hydrogen) atoms. The fraction of sp³-hybridized carbons (Fsp3) is 0.0909. The fourth-order valence-corrected chi connectivity index (χ4v) is 2.94. The Balaban J connectivity index is 1.41. The average molecular weight is 384 g/mol. The van der Waals surface area contributed by atoms with Crippen LogP contribution in [0.25, 0.3) is 5.82 Å². The van der Waals surface area contributed by atoms with Gasteiger partial charge in [-0.3, -0.25) is 4.79 Å². The van der Waals surface area contributed by atoms with Gasteiger partial charge in [-0.2, -0.15) is 5.10 Å². The van der Waals surface area contributed by atoms with Gasteiger partial charge in [-0.25, -0.2) is 4.68 Å². The van der Waals surface area contributed by atoms with E-state index < -0.39 is 0 Å². The molecule has 0 fully saturated rings. The van der Waals surface area contributed by atoms with Crippen molar-refractivity contribution in [2.45, 2.75) is 13.8 Å². The third-order valence-corrected chi connectivity index (χ3v) is 4.33. The molecule has 7 nitrogen and oxygen atoms in total. The van der Waals surface area contributed by atoms with Crippen molar-refractivity contribution in [1.82, 2.24) is 20.0 Å². The van der Waals surface area contributed by atoms with Gasteiger partial charge in [0, 0.05) is 22.6 Å². The third-order valence-electron chi connectivity index (χ3n) is 4.33. The number of hydrogen-bond donors (Lipinski definition) is 2. The van der Waals surface area contributed by atoms with Crippen LogP contribution >= 0.6 is 0 Å². The first-order valence-corrected chi connectivity index (χ1v) is 9.19. The van der Waals surface area contributed by atoms with Crippen molar-refractivity contribution in [3.63, 3.8) is 0 Å². The molecular weight excluding hydrogens is 364 g/mol. The number of carbonyl (C=O) groups excluding carboxylic acids is 1. The van der Waals surface area contributed by atoms with Crippen molar-refractivity contribution in [3.05, 3.63) is 89.7 Å². The fourth-order valence-electron chi connectivity index (χ4n) is 2.94. The number of hydrogen-bond acceptors (Lipinski definition) is 5. The third kappa shape index (κ3) is 4.30. The number of nitrogens with zero attached hydrogens (tertiary/aromatic N) is 4. The van der Waals surface area contributed by atoms with Gasteiger partial charge in [0.2, 0.25) is 0 Å². The Kier molecular flexibility index (Phi) is 5.03. The molecule has 2 aromatic carbocycles. The molecule has 0 unspecified atom stereocenters. The average Bonchev–Trinajstić information content (AvgIpc) is 3.08. The predicted octanol–water partition coefficient (Wildman–Crippen LogP) is 4.28. The molecule has 0 aliphatic carbocycles. The molecule has 2 aromatic heterocycles. The van der Waals surface area contributed by atoms with Crippen LogP contribution in [0, 0.1) is 13.8 Å². The number of anilines is 3. The molecule has 0 saturated carbocycles. The van der Waals surface area contributed by atoms with Gasteiger partial charge in [0.15, 0.2) is 11.6 Å². The number of nitrogens with one attached hydrogen (secondary N) is 2. The van der Waals surface area contributed by atoms with Crippen LogP contribution in [0.4, 0.5) is 17.2 Å². The summed E-state index contributed by atoms with van der Waals surface area (Å²) in [5.41, 5.74) is 4.12. The molecule has 2 N–H and O–H groups in total. The minimum Gasteiger partial charge on any atom is -0.339 e. The summed E-state index contributed by atoms with van der Waals surface area (Å²) in [7, 11) is 0. The molecule has 0 aliphatic heterocycles. The van der Waals surface area contributed by atoms with Crippen molar-refractivity contribution in [1.29, 1.82) is 0 Å². The first kappa shape index (κ1) is 18.4. The lowest BCUT2D eigenvalue weighted by atomic mass is 10.2. The maximum absolute atomic E-state index is 12.2. The minimum atomic E-state index is -0.142. The Labute approximate surface area is 168 Å². The van der Waals surface area contributed by atoms with Crippen LogP contribution < -0.4 is 10.6 Å². The SMILES string of the molecule is Cc1cc(C)n(-c2ccc(Nc3ccc(NC(=O)c4ccccc4)cc3)nn2)n1. The van der Waals surface area contributed by atoms with Crippen LogP contribution in [0.1, 0.15) is 21.7 Å². The van der Waals surface area contributed by atoms with E-state index in [1.165, 1.54) is 0 Å². The van der Waals surface area contributed by atoms with Gasteiger partial charge in [-0.1, -0.05) is 18.2 Å². The zero-order valence-electron chi connectivity index (χ0n) is 16.1. The van der Waals surface area contributed by atoms with Gasteiger partial charge < -0.3 is 10.6 Å². The zero-order valence-corrected chi connectivity index (χ0v) is 16.1. The van der Waals surface area contributed by atoms with E-state index >= 15 is 0 Å². The molecule has 1 amide bonds. The molecule has 7 heteroatoms. The number of rotatable bonds is 5. The van der Waals surface area contributed by atoms with Gasteiger partial charge in [0.25, 0.3) is 5.91 Å². The molecule has 2 heterocycles. The quantitative estimate of drug-likeness (QED) is 0.537. The predicted molar refractivity (Wildman–Crippen MR) is 113 cm³/mol. The lowest BCUT2D eigenvalue weighted by molar-refractivity contribution is 0.102. The van der Waals surface area contributed by atoms with Crippen molar-refractivity contribution in [3.8, 4) is 5.82 Å². The Morgan fingerprint density at radius 1 is 0.862 bits per heavy atom. The van der Waals surface area contributed by atoms with Crippen LogP contribution in [-0.4, -0.2) is 25.9 Å². The summed E-state index contributed by atoms with van der Waals surface area (Å²) in [4.78, 5) is 12.2. The van der Waals surface area contributed by atoms with Crippen LogP contribution in [-0.2, 0) is 0 Å². The summed E-state index contributed by atoms with van der Waals surface area (Å²) < 4.78 is 1.76. The molecule has 4 aromatic rings. The highest BCUT2D eigenvalue weighted by Gasteiger charge is 2.07. The lowest BCUT2D eigenvalue weighted by Gasteiger charge is -2.09. The Morgan fingerprint density at radius 3 is 2.21 bits per heavy atom. The summed E-state index contributed by atoms with van der Waals surface area (Å²) >= 11 is 0. The second-order valence-electron chi connectivity index (χ2n) is 6.64. The van der Waals surface area contributed by atoms with E-state index in [4.69, 9.17) is 0 Å². The maximum atomic E-state index is 12.2. The van der Waals surface area contributed by atoms with Gasteiger partial charge >= 0.3 is 0 Å².